The van der Waals surface area contributed by atoms with Gasteiger partial charge in [0.05, 0.1) is 6.54 Å². The van der Waals surface area contributed by atoms with E-state index in [1.165, 1.54) is 0 Å². The third kappa shape index (κ3) is 3.99. The van der Waals surface area contributed by atoms with Gasteiger partial charge in [0.25, 0.3) is 0 Å². The highest BCUT2D eigenvalue weighted by Gasteiger charge is 2.13. The highest BCUT2D eigenvalue weighted by Crippen LogP contribution is 2.23. The molecule has 1 aromatic heterocycles. The van der Waals surface area contributed by atoms with E-state index in [0.717, 1.165) is 33.8 Å². The third-order valence-corrected chi connectivity index (χ3v) is 4.21. The van der Waals surface area contributed by atoms with E-state index in [1.54, 1.807) is 0 Å². The van der Waals surface area contributed by atoms with E-state index < -0.39 is 0 Å². The monoisotopic (exact) mass is 348 g/mol. The summed E-state index contributed by atoms with van der Waals surface area (Å²) < 4.78 is 0. The molecule has 1 N–H and O–H groups in total. The fourth-order valence-electron chi connectivity index (χ4n) is 2.85. The van der Waals surface area contributed by atoms with E-state index in [0.29, 0.717) is 0 Å². The van der Waals surface area contributed by atoms with Crippen LogP contribution in [0.15, 0.2) is 48.5 Å². The Labute approximate surface area is 154 Å². The highest BCUT2D eigenvalue weighted by atomic mass is 16.2. The number of aromatic nitrogens is 2. The van der Waals surface area contributed by atoms with Crippen LogP contribution in [0.2, 0.25) is 0 Å². The Balaban J connectivity index is 1.75. The summed E-state index contributed by atoms with van der Waals surface area (Å²) >= 11 is 0. The number of fused-ring (bicyclic) bond motifs is 1. The molecule has 0 saturated carbocycles. The Morgan fingerprint density at radius 3 is 2.62 bits per heavy atom. The molecule has 0 aliphatic carbocycles. The lowest BCUT2D eigenvalue weighted by molar-refractivity contribution is -0.114. The number of nitrogens with one attached hydrogen (secondary N) is 1. The van der Waals surface area contributed by atoms with E-state index in [2.05, 4.69) is 29.1 Å². The minimum Gasteiger partial charge on any atom is -0.350 e. The van der Waals surface area contributed by atoms with E-state index >= 15 is 0 Å². The first-order chi connectivity index (χ1) is 12.4. The number of rotatable bonds is 5. The summed E-state index contributed by atoms with van der Waals surface area (Å²) in [6.07, 6.45) is 0. The third-order valence-electron chi connectivity index (χ3n) is 4.21. The first-order valence-electron chi connectivity index (χ1n) is 8.78. The fourth-order valence-corrected chi connectivity index (χ4v) is 2.85. The predicted octanol–water partition coefficient (Wildman–Crippen LogP) is 4.14. The van der Waals surface area contributed by atoms with Crippen molar-refractivity contribution in [1.82, 2.24) is 9.97 Å². The fraction of sp³-hybridized carbons (Fsp3) is 0.286. The van der Waals surface area contributed by atoms with Gasteiger partial charge in [0.1, 0.15) is 11.6 Å². The summed E-state index contributed by atoms with van der Waals surface area (Å²) in [7, 11) is 1.87. The Morgan fingerprint density at radius 1 is 1.12 bits per heavy atom. The van der Waals surface area contributed by atoms with Crippen molar-refractivity contribution in [2.45, 2.75) is 26.7 Å². The number of benzene rings is 2. The summed E-state index contributed by atoms with van der Waals surface area (Å²) in [4.78, 5) is 23.4. The largest absolute Gasteiger partial charge is 0.350 e. The normalized spacial score (nSPS) is 11.0. The molecule has 3 rings (SSSR count). The van der Waals surface area contributed by atoms with Crippen LogP contribution in [0.25, 0.3) is 10.8 Å². The van der Waals surface area contributed by atoms with E-state index in [9.17, 15) is 4.79 Å². The van der Waals surface area contributed by atoms with Crippen molar-refractivity contribution in [2.24, 2.45) is 0 Å². The molecule has 0 atom stereocenters. The number of anilines is 2. The second-order valence-corrected chi connectivity index (χ2v) is 6.81. The average molecular weight is 348 g/mol. The second-order valence-electron chi connectivity index (χ2n) is 6.81. The Kier molecular flexibility index (Phi) is 5.16. The first kappa shape index (κ1) is 17.9. The van der Waals surface area contributed by atoms with Crippen LogP contribution < -0.4 is 10.2 Å². The van der Waals surface area contributed by atoms with Crippen LogP contribution in [-0.4, -0.2) is 29.5 Å². The van der Waals surface area contributed by atoms with Crippen LogP contribution in [-0.2, 0) is 4.79 Å². The van der Waals surface area contributed by atoms with E-state index in [4.69, 9.17) is 0 Å². The standard InChI is InChI=1S/C21H24N4O/c1-14(2)21-22-15(3)12-19(24-21)25(4)13-20(26)23-18-11-7-9-16-8-5-6-10-17(16)18/h5-12,14H,13H2,1-4H3,(H,23,26). The number of hydrogen-bond acceptors (Lipinski definition) is 4. The van der Waals surface area contributed by atoms with Gasteiger partial charge in [-0.25, -0.2) is 9.97 Å². The summed E-state index contributed by atoms with van der Waals surface area (Å²) in [6.45, 7) is 6.29. The van der Waals surface area contributed by atoms with Gasteiger partial charge in [0.15, 0.2) is 0 Å². The lowest BCUT2D eigenvalue weighted by atomic mass is 10.1. The van der Waals surface area contributed by atoms with Crippen LogP contribution in [0.3, 0.4) is 0 Å². The molecule has 5 nitrogen and oxygen atoms in total. The molecule has 0 unspecified atom stereocenters. The molecule has 1 heterocycles. The van der Waals surface area contributed by atoms with Gasteiger partial charge in [-0.1, -0.05) is 50.2 Å². The SMILES string of the molecule is Cc1cc(N(C)CC(=O)Nc2cccc3ccccc23)nc(C(C)C)n1. The quantitative estimate of drug-likeness (QED) is 0.753. The van der Waals surface area contributed by atoms with Gasteiger partial charge < -0.3 is 10.2 Å². The minimum absolute atomic E-state index is 0.0776. The number of carbonyl (C=O) groups is 1. The van der Waals surface area contributed by atoms with E-state index in [1.807, 2.05) is 67.4 Å². The van der Waals surface area contributed by atoms with Gasteiger partial charge in [-0.05, 0) is 18.4 Å². The smallest absolute Gasteiger partial charge is 0.243 e. The molecule has 0 radical (unpaired) electrons. The maximum absolute atomic E-state index is 12.5. The van der Waals surface area contributed by atoms with Crippen molar-refractivity contribution in [3.63, 3.8) is 0 Å². The summed E-state index contributed by atoms with van der Waals surface area (Å²) in [5, 5.41) is 5.15. The predicted molar refractivity (Wildman–Crippen MR) is 107 cm³/mol. The van der Waals surface area contributed by atoms with Crippen LogP contribution >= 0.6 is 0 Å². The molecular formula is C21H24N4O. The lowest BCUT2D eigenvalue weighted by Gasteiger charge is -2.19. The Bertz CT molecular complexity index is 931. The molecular weight excluding hydrogens is 324 g/mol. The molecule has 26 heavy (non-hydrogen) atoms. The molecule has 0 aliphatic heterocycles. The van der Waals surface area contributed by atoms with Gasteiger partial charge >= 0.3 is 0 Å². The molecule has 0 bridgehead atoms. The van der Waals surface area contributed by atoms with Crippen LogP contribution in [0.5, 0.6) is 0 Å². The molecule has 1 amide bonds. The summed E-state index contributed by atoms with van der Waals surface area (Å²) in [6, 6.07) is 15.8. The number of carbonyl (C=O) groups excluding carboxylic acids is 1. The summed E-state index contributed by atoms with van der Waals surface area (Å²) in [5.41, 5.74) is 1.73. The van der Waals surface area contributed by atoms with Crippen molar-refractivity contribution >= 4 is 28.2 Å². The molecule has 0 spiro atoms. The lowest BCUT2D eigenvalue weighted by Crippen LogP contribution is -2.31. The maximum Gasteiger partial charge on any atom is 0.243 e. The van der Waals surface area contributed by atoms with Crippen molar-refractivity contribution in [2.75, 3.05) is 23.8 Å². The van der Waals surface area contributed by atoms with Gasteiger partial charge in [-0.3, -0.25) is 4.79 Å². The van der Waals surface area contributed by atoms with Crippen molar-refractivity contribution in [1.29, 1.82) is 0 Å². The molecule has 2 aromatic carbocycles. The highest BCUT2D eigenvalue weighted by molar-refractivity contribution is 6.03. The zero-order valence-corrected chi connectivity index (χ0v) is 15.7. The van der Waals surface area contributed by atoms with Gasteiger partial charge in [-0.2, -0.15) is 0 Å². The number of hydrogen-bond donors (Lipinski definition) is 1. The second kappa shape index (κ2) is 7.52. The minimum atomic E-state index is -0.0776. The number of nitrogens with zero attached hydrogens (tertiary/aromatic N) is 3. The Hall–Kier alpha value is -2.95. The topological polar surface area (TPSA) is 58.1 Å². The van der Waals surface area contributed by atoms with Crippen LogP contribution in [0, 0.1) is 6.92 Å². The van der Waals surface area contributed by atoms with Crippen LogP contribution in [0.4, 0.5) is 11.5 Å². The van der Waals surface area contributed by atoms with Crippen molar-refractivity contribution in [3.8, 4) is 0 Å². The average Bonchev–Trinajstić information content (AvgIpc) is 2.61. The van der Waals surface area contributed by atoms with Gasteiger partial charge in [-0.15, -0.1) is 0 Å². The molecule has 134 valence electrons. The molecule has 0 aliphatic rings. The first-order valence-corrected chi connectivity index (χ1v) is 8.78. The maximum atomic E-state index is 12.5. The zero-order chi connectivity index (χ0) is 18.7. The molecule has 0 fully saturated rings. The van der Waals surface area contributed by atoms with Crippen LogP contribution in [0.1, 0.15) is 31.3 Å². The van der Waals surface area contributed by atoms with Crippen molar-refractivity contribution in [3.05, 3.63) is 60.0 Å². The Morgan fingerprint density at radius 2 is 1.85 bits per heavy atom. The molecule has 0 saturated heterocycles. The number of amides is 1. The van der Waals surface area contributed by atoms with E-state index in [-0.39, 0.29) is 18.4 Å². The van der Waals surface area contributed by atoms with Crippen molar-refractivity contribution < 1.29 is 4.79 Å². The number of aryl methyl sites for hydroxylation is 1. The number of likely N-dealkylation sites (N-methyl/N-ethyl adjacent to an activating group) is 1. The van der Waals surface area contributed by atoms with Gasteiger partial charge in [0, 0.05) is 35.8 Å². The molecule has 3 aromatic rings. The zero-order valence-electron chi connectivity index (χ0n) is 15.7. The van der Waals surface area contributed by atoms with Gasteiger partial charge in [0.2, 0.25) is 5.91 Å². The molecule has 5 heteroatoms. The summed E-state index contributed by atoms with van der Waals surface area (Å²) in [5.74, 6) is 1.72.